The van der Waals surface area contributed by atoms with Crippen LogP contribution in [0.4, 0.5) is 0 Å². The van der Waals surface area contributed by atoms with Crippen LogP contribution in [0.5, 0.6) is 0 Å². The monoisotopic (exact) mass is 280 g/mol. The Hall–Kier alpha value is 0.0700. The first-order valence-corrected chi connectivity index (χ1v) is 8.06. The molecule has 6 heteroatoms. The number of ether oxygens (including phenoxy) is 2. The van der Waals surface area contributed by atoms with Gasteiger partial charge in [-0.1, -0.05) is 0 Å². The van der Waals surface area contributed by atoms with E-state index in [1.165, 1.54) is 6.66 Å². The fourth-order valence-electron chi connectivity index (χ4n) is 2.71. The summed E-state index contributed by atoms with van der Waals surface area (Å²) in [7, 11) is -3.62. The molecule has 1 N–H and O–H groups in total. The van der Waals surface area contributed by atoms with E-state index in [4.69, 9.17) is 14.0 Å². The fourth-order valence-corrected chi connectivity index (χ4v) is 3.73. The molecule has 0 aromatic rings. The summed E-state index contributed by atoms with van der Waals surface area (Å²) < 4.78 is 28.7. The van der Waals surface area contributed by atoms with Crippen molar-refractivity contribution < 1.29 is 23.5 Å². The molecule has 0 amide bonds. The molecular formula is C12H25O5P. The average Bonchev–Trinajstić information content (AvgIpc) is 2.10. The van der Waals surface area contributed by atoms with Gasteiger partial charge in [0.2, 0.25) is 0 Å². The second-order valence-corrected chi connectivity index (χ2v) is 8.34. The molecule has 1 rings (SSSR count). The van der Waals surface area contributed by atoms with Crippen molar-refractivity contribution in [2.45, 2.75) is 71.1 Å². The van der Waals surface area contributed by atoms with E-state index in [-0.39, 0.29) is 0 Å². The molecule has 0 aromatic heterocycles. The van der Waals surface area contributed by atoms with Gasteiger partial charge in [0.15, 0.2) is 5.79 Å². The third kappa shape index (κ3) is 2.81. The van der Waals surface area contributed by atoms with Gasteiger partial charge >= 0.3 is 7.60 Å². The highest BCUT2D eigenvalue weighted by molar-refractivity contribution is 7.51. The molecule has 1 aliphatic heterocycles. The highest BCUT2D eigenvalue weighted by Crippen LogP contribution is 2.55. The van der Waals surface area contributed by atoms with Crippen molar-refractivity contribution >= 4 is 7.60 Å². The zero-order valence-electron chi connectivity index (χ0n) is 12.5. The third-order valence-corrected chi connectivity index (χ3v) is 4.44. The van der Waals surface area contributed by atoms with E-state index in [1.807, 2.05) is 34.6 Å². The lowest BCUT2D eigenvalue weighted by atomic mass is 9.76. The second kappa shape index (κ2) is 4.03. The molecule has 1 heterocycles. The van der Waals surface area contributed by atoms with E-state index in [1.54, 1.807) is 13.8 Å². The SMILES string of the molecule is CC1(C)OC(C)(C)C(C)(C(C)(C)OP(C)(=O)O)O1. The summed E-state index contributed by atoms with van der Waals surface area (Å²) in [6, 6.07) is 0. The summed E-state index contributed by atoms with van der Waals surface area (Å²) in [4.78, 5) is 9.47. The van der Waals surface area contributed by atoms with Crippen molar-refractivity contribution in [1.29, 1.82) is 0 Å². The Kier molecular flexibility index (Phi) is 3.61. The van der Waals surface area contributed by atoms with Gasteiger partial charge in [0.1, 0.15) is 11.2 Å². The number of rotatable bonds is 3. The third-order valence-electron chi connectivity index (χ3n) is 3.65. The van der Waals surface area contributed by atoms with Gasteiger partial charge in [-0.3, -0.25) is 9.09 Å². The maximum absolute atomic E-state index is 11.5. The Morgan fingerprint density at radius 1 is 1.11 bits per heavy atom. The van der Waals surface area contributed by atoms with Gasteiger partial charge < -0.3 is 14.4 Å². The van der Waals surface area contributed by atoms with Crippen molar-refractivity contribution in [3.63, 3.8) is 0 Å². The van der Waals surface area contributed by atoms with Gasteiger partial charge in [-0.2, -0.15) is 0 Å². The Bertz CT molecular complexity index is 382. The smallest absolute Gasteiger partial charge is 0.325 e. The van der Waals surface area contributed by atoms with Crippen LogP contribution in [0.15, 0.2) is 0 Å². The van der Waals surface area contributed by atoms with Crippen LogP contribution in [0.1, 0.15) is 48.5 Å². The van der Waals surface area contributed by atoms with Crippen LogP contribution in [0.3, 0.4) is 0 Å². The molecular weight excluding hydrogens is 255 g/mol. The van der Waals surface area contributed by atoms with Crippen molar-refractivity contribution in [1.82, 2.24) is 0 Å². The molecule has 1 aliphatic rings. The predicted octanol–water partition coefficient (Wildman–Crippen LogP) is 2.92. The zero-order chi connectivity index (χ0) is 14.6. The van der Waals surface area contributed by atoms with Crippen molar-refractivity contribution in [2.75, 3.05) is 6.66 Å². The number of hydrogen-bond donors (Lipinski definition) is 1. The molecule has 2 unspecified atom stereocenters. The molecule has 1 saturated heterocycles. The largest absolute Gasteiger partial charge is 0.342 e. The van der Waals surface area contributed by atoms with E-state index in [9.17, 15) is 9.46 Å². The second-order valence-electron chi connectivity index (χ2n) is 6.55. The normalized spacial score (nSPS) is 34.3. The van der Waals surface area contributed by atoms with Crippen LogP contribution in [0, 0.1) is 0 Å². The van der Waals surface area contributed by atoms with Crippen LogP contribution in [0.25, 0.3) is 0 Å². The van der Waals surface area contributed by atoms with Crippen LogP contribution in [0.2, 0.25) is 0 Å². The summed E-state index contributed by atoms with van der Waals surface area (Å²) in [6.07, 6.45) is 0. The summed E-state index contributed by atoms with van der Waals surface area (Å²) in [5.74, 6) is -0.758. The van der Waals surface area contributed by atoms with E-state index in [2.05, 4.69) is 0 Å². The summed E-state index contributed by atoms with van der Waals surface area (Å²) in [5, 5.41) is 0. The van der Waals surface area contributed by atoms with Crippen molar-refractivity contribution in [2.24, 2.45) is 0 Å². The predicted molar refractivity (Wildman–Crippen MR) is 69.6 cm³/mol. The fraction of sp³-hybridized carbons (Fsp3) is 1.00. The number of hydrogen-bond acceptors (Lipinski definition) is 4. The first-order valence-electron chi connectivity index (χ1n) is 6.03. The van der Waals surface area contributed by atoms with Crippen LogP contribution in [-0.4, -0.2) is 34.1 Å². The van der Waals surface area contributed by atoms with Gasteiger partial charge in [0, 0.05) is 6.66 Å². The van der Waals surface area contributed by atoms with E-state index in [0.717, 1.165) is 0 Å². The summed E-state index contributed by atoms with van der Waals surface area (Å²) in [6.45, 7) is 13.9. The molecule has 0 bridgehead atoms. The zero-order valence-corrected chi connectivity index (χ0v) is 13.4. The first-order chi connectivity index (χ1) is 7.62. The summed E-state index contributed by atoms with van der Waals surface area (Å²) >= 11 is 0. The molecule has 18 heavy (non-hydrogen) atoms. The highest BCUT2D eigenvalue weighted by atomic mass is 31.2. The molecule has 0 saturated carbocycles. The molecule has 108 valence electrons. The van der Waals surface area contributed by atoms with Gasteiger partial charge in [-0.05, 0) is 48.5 Å². The van der Waals surface area contributed by atoms with Crippen LogP contribution < -0.4 is 0 Å². The molecule has 0 aliphatic carbocycles. The topological polar surface area (TPSA) is 65.0 Å². The molecule has 0 radical (unpaired) electrons. The average molecular weight is 280 g/mol. The summed E-state index contributed by atoms with van der Waals surface area (Å²) in [5.41, 5.74) is -2.46. The molecule has 1 fully saturated rings. The molecule has 5 nitrogen and oxygen atoms in total. The van der Waals surface area contributed by atoms with Crippen molar-refractivity contribution in [3.05, 3.63) is 0 Å². The maximum Gasteiger partial charge on any atom is 0.325 e. The molecule has 2 atom stereocenters. The highest BCUT2D eigenvalue weighted by Gasteiger charge is 2.64. The Balaban J connectivity index is 3.17. The van der Waals surface area contributed by atoms with E-state index in [0.29, 0.717) is 0 Å². The van der Waals surface area contributed by atoms with E-state index < -0.39 is 30.2 Å². The molecule has 0 spiro atoms. The quantitative estimate of drug-likeness (QED) is 0.805. The molecule has 0 aromatic carbocycles. The van der Waals surface area contributed by atoms with Gasteiger partial charge in [-0.15, -0.1) is 0 Å². The van der Waals surface area contributed by atoms with Gasteiger partial charge in [-0.25, -0.2) is 0 Å². The van der Waals surface area contributed by atoms with Gasteiger partial charge in [0.25, 0.3) is 0 Å². The first kappa shape index (κ1) is 16.1. The lowest BCUT2D eigenvalue weighted by Crippen LogP contribution is -2.60. The minimum absolute atomic E-state index is 0.644. The minimum atomic E-state index is -3.62. The van der Waals surface area contributed by atoms with Crippen molar-refractivity contribution in [3.8, 4) is 0 Å². The Morgan fingerprint density at radius 3 is 1.83 bits per heavy atom. The van der Waals surface area contributed by atoms with E-state index >= 15 is 0 Å². The van der Waals surface area contributed by atoms with Crippen LogP contribution in [-0.2, 0) is 18.6 Å². The Morgan fingerprint density at radius 2 is 1.56 bits per heavy atom. The lowest BCUT2D eigenvalue weighted by Gasteiger charge is -2.46. The van der Waals surface area contributed by atoms with Gasteiger partial charge in [0.05, 0.1) is 5.60 Å². The van der Waals surface area contributed by atoms with Crippen LogP contribution >= 0.6 is 7.60 Å². The standard InChI is InChI=1S/C12H25O5P/c1-9(2)12(7,16-11(5,6)15-9)10(3,4)17-18(8,13)14/h1-8H3,(H,13,14). The maximum atomic E-state index is 11.5. The minimum Gasteiger partial charge on any atom is -0.342 e. The Labute approximate surface area is 109 Å². The lowest BCUT2D eigenvalue weighted by molar-refractivity contribution is -0.194.